The molecule has 1 aromatic heterocycles. The molecule has 0 aliphatic heterocycles. The lowest BCUT2D eigenvalue weighted by Crippen LogP contribution is -2.05. The Kier molecular flexibility index (Phi) is 3.12. The minimum atomic E-state index is -1.11. The standard InChI is InChI=1S/C12H12N2O4/c1-7-11(8(2)18-13-7)12(15)9-5-3-4-6-10(9)14(16)17/h3-6,12,15H,1-2H3. The number of para-hydroxylation sites is 1. The molecule has 6 nitrogen and oxygen atoms in total. The maximum absolute atomic E-state index is 10.9. The van der Waals surface area contributed by atoms with Gasteiger partial charge in [-0.05, 0) is 19.9 Å². The Morgan fingerprint density at radius 3 is 2.61 bits per heavy atom. The van der Waals surface area contributed by atoms with Crippen molar-refractivity contribution in [3.63, 3.8) is 0 Å². The lowest BCUT2D eigenvalue weighted by atomic mass is 9.99. The predicted octanol–water partition coefficient (Wildman–Crippen LogP) is 2.28. The molecule has 2 aromatic rings. The zero-order valence-corrected chi connectivity index (χ0v) is 9.95. The molecule has 0 radical (unpaired) electrons. The predicted molar refractivity (Wildman–Crippen MR) is 63.1 cm³/mol. The van der Waals surface area contributed by atoms with Crippen LogP contribution in [0.5, 0.6) is 0 Å². The summed E-state index contributed by atoms with van der Waals surface area (Å²) in [7, 11) is 0. The molecular weight excluding hydrogens is 236 g/mol. The number of aryl methyl sites for hydroxylation is 2. The van der Waals surface area contributed by atoms with Crippen LogP contribution in [-0.2, 0) is 0 Å². The molecule has 1 unspecified atom stereocenters. The fourth-order valence-electron chi connectivity index (χ4n) is 1.92. The van der Waals surface area contributed by atoms with Crippen molar-refractivity contribution in [2.75, 3.05) is 0 Å². The monoisotopic (exact) mass is 248 g/mol. The summed E-state index contributed by atoms with van der Waals surface area (Å²) >= 11 is 0. The molecule has 0 amide bonds. The first-order valence-corrected chi connectivity index (χ1v) is 5.36. The van der Waals surface area contributed by atoms with E-state index in [4.69, 9.17) is 4.52 Å². The summed E-state index contributed by atoms with van der Waals surface area (Å²) in [5.41, 5.74) is 1.12. The van der Waals surface area contributed by atoms with E-state index in [1.54, 1.807) is 26.0 Å². The maximum atomic E-state index is 10.9. The third kappa shape index (κ3) is 1.98. The number of nitrogens with zero attached hydrogens (tertiary/aromatic N) is 2. The molecule has 0 aliphatic rings. The van der Waals surface area contributed by atoms with Crippen LogP contribution in [0, 0.1) is 24.0 Å². The highest BCUT2D eigenvalue weighted by atomic mass is 16.6. The number of aliphatic hydroxyl groups excluding tert-OH is 1. The quantitative estimate of drug-likeness (QED) is 0.664. The Labute approximate surface area is 103 Å². The number of nitro groups is 1. The van der Waals surface area contributed by atoms with Gasteiger partial charge < -0.3 is 9.63 Å². The lowest BCUT2D eigenvalue weighted by molar-refractivity contribution is -0.386. The Balaban J connectivity index is 2.53. The third-order valence-corrected chi connectivity index (χ3v) is 2.79. The number of hydrogen-bond acceptors (Lipinski definition) is 5. The van der Waals surface area contributed by atoms with Gasteiger partial charge in [0, 0.05) is 6.07 Å². The van der Waals surface area contributed by atoms with Crippen LogP contribution in [-0.4, -0.2) is 15.2 Å². The van der Waals surface area contributed by atoms with E-state index in [2.05, 4.69) is 5.16 Å². The van der Waals surface area contributed by atoms with Gasteiger partial charge in [-0.25, -0.2) is 0 Å². The van der Waals surface area contributed by atoms with Crippen molar-refractivity contribution in [3.05, 3.63) is 57.0 Å². The fraction of sp³-hybridized carbons (Fsp3) is 0.250. The zero-order valence-electron chi connectivity index (χ0n) is 9.95. The SMILES string of the molecule is Cc1noc(C)c1C(O)c1ccccc1[N+](=O)[O-]. The number of hydrogen-bond donors (Lipinski definition) is 1. The van der Waals surface area contributed by atoms with E-state index in [1.165, 1.54) is 12.1 Å². The molecule has 0 saturated carbocycles. The van der Waals surface area contributed by atoms with E-state index in [0.29, 0.717) is 17.0 Å². The molecule has 0 aliphatic carbocycles. The summed E-state index contributed by atoms with van der Waals surface area (Å²) in [6.07, 6.45) is -1.11. The molecule has 2 rings (SSSR count). The number of aliphatic hydroxyl groups is 1. The molecule has 0 spiro atoms. The summed E-state index contributed by atoms with van der Waals surface area (Å²) in [5, 5.41) is 24.9. The van der Waals surface area contributed by atoms with E-state index >= 15 is 0 Å². The average Bonchev–Trinajstić information content (AvgIpc) is 2.68. The van der Waals surface area contributed by atoms with Crippen LogP contribution in [0.25, 0.3) is 0 Å². The highest BCUT2D eigenvalue weighted by molar-refractivity contribution is 5.46. The van der Waals surface area contributed by atoms with Crippen LogP contribution in [0.1, 0.15) is 28.7 Å². The first kappa shape index (κ1) is 12.3. The van der Waals surface area contributed by atoms with Crippen LogP contribution < -0.4 is 0 Å². The van der Waals surface area contributed by atoms with Gasteiger partial charge in [-0.15, -0.1) is 0 Å². The highest BCUT2D eigenvalue weighted by Gasteiger charge is 2.26. The summed E-state index contributed by atoms with van der Waals surface area (Å²) in [4.78, 5) is 10.4. The van der Waals surface area contributed by atoms with Crippen molar-refractivity contribution < 1.29 is 14.6 Å². The minimum Gasteiger partial charge on any atom is -0.383 e. The summed E-state index contributed by atoms with van der Waals surface area (Å²) < 4.78 is 4.96. The number of benzene rings is 1. The first-order chi connectivity index (χ1) is 8.52. The van der Waals surface area contributed by atoms with Gasteiger partial charge in [-0.3, -0.25) is 10.1 Å². The average molecular weight is 248 g/mol. The van der Waals surface area contributed by atoms with Crippen molar-refractivity contribution in [1.82, 2.24) is 5.16 Å². The molecule has 1 aromatic carbocycles. The van der Waals surface area contributed by atoms with Crippen molar-refractivity contribution in [2.45, 2.75) is 20.0 Å². The van der Waals surface area contributed by atoms with Gasteiger partial charge in [0.15, 0.2) is 0 Å². The Morgan fingerprint density at radius 1 is 1.39 bits per heavy atom. The van der Waals surface area contributed by atoms with Gasteiger partial charge >= 0.3 is 0 Å². The number of rotatable bonds is 3. The van der Waals surface area contributed by atoms with Crippen LogP contribution >= 0.6 is 0 Å². The molecule has 0 bridgehead atoms. The molecular formula is C12H12N2O4. The van der Waals surface area contributed by atoms with Crippen LogP contribution in [0.15, 0.2) is 28.8 Å². The molecule has 6 heteroatoms. The fourth-order valence-corrected chi connectivity index (χ4v) is 1.92. The molecule has 1 N–H and O–H groups in total. The molecule has 18 heavy (non-hydrogen) atoms. The van der Waals surface area contributed by atoms with Crippen molar-refractivity contribution in [3.8, 4) is 0 Å². The molecule has 0 fully saturated rings. The Hall–Kier alpha value is -2.21. The van der Waals surface area contributed by atoms with Gasteiger partial charge in [0.05, 0.1) is 21.7 Å². The number of aromatic nitrogens is 1. The highest BCUT2D eigenvalue weighted by Crippen LogP contribution is 2.32. The van der Waals surface area contributed by atoms with E-state index in [1.807, 2.05) is 0 Å². The van der Waals surface area contributed by atoms with E-state index < -0.39 is 11.0 Å². The molecule has 94 valence electrons. The summed E-state index contributed by atoms with van der Waals surface area (Å²) in [5.74, 6) is 0.457. The number of nitro benzene ring substituents is 1. The van der Waals surface area contributed by atoms with Gasteiger partial charge in [-0.1, -0.05) is 17.3 Å². The van der Waals surface area contributed by atoms with E-state index in [9.17, 15) is 15.2 Å². The smallest absolute Gasteiger partial charge is 0.275 e. The summed E-state index contributed by atoms with van der Waals surface area (Å²) in [6, 6.07) is 6.08. The second-order valence-corrected chi connectivity index (χ2v) is 3.96. The third-order valence-electron chi connectivity index (χ3n) is 2.79. The van der Waals surface area contributed by atoms with Gasteiger partial charge in [0.25, 0.3) is 5.69 Å². The largest absolute Gasteiger partial charge is 0.383 e. The zero-order chi connectivity index (χ0) is 13.3. The molecule has 0 saturated heterocycles. The second kappa shape index (κ2) is 4.58. The first-order valence-electron chi connectivity index (χ1n) is 5.36. The summed E-state index contributed by atoms with van der Waals surface area (Å²) in [6.45, 7) is 3.34. The van der Waals surface area contributed by atoms with Crippen molar-refractivity contribution in [1.29, 1.82) is 0 Å². The normalized spacial score (nSPS) is 12.4. The van der Waals surface area contributed by atoms with Gasteiger partial charge in [-0.2, -0.15) is 0 Å². The Morgan fingerprint density at radius 2 is 2.06 bits per heavy atom. The van der Waals surface area contributed by atoms with Gasteiger partial charge in [0.2, 0.25) is 0 Å². The lowest BCUT2D eigenvalue weighted by Gasteiger charge is -2.10. The van der Waals surface area contributed by atoms with Gasteiger partial charge in [0.1, 0.15) is 11.9 Å². The molecule has 1 atom stereocenters. The van der Waals surface area contributed by atoms with Crippen LogP contribution in [0.4, 0.5) is 5.69 Å². The van der Waals surface area contributed by atoms with E-state index in [-0.39, 0.29) is 11.3 Å². The minimum absolute atomic E-state index is 0.120. The maximum Gasteiger partial charge on any atom is 0.275 e. The topological polar surface area (TPSA) is 89.4 Å². The van der Waals surface area contributed by atoms with Crippen molar-refractivity contribution >= 4 is 5.69 Å². The van der Waals surface area contributed by atoms with Crippen LogP contribution in [0.2, 0.25) is 0 Å². The Bertz CT molecular complexity index is 572. The molecule has 1 heterocycles. The van der Waals surface area contributed by atoms with Crippen LogP contribution in [0.3, 0.4) is 0 Å². The van der Waals surface area contributed by atoms with Crippen molar-refractivity contribution in [2.24, 2.45) is 0 Å². The second-order valence-electron chi connectivity index (χ2n) is 3.96. The van der Waals surface area contributed by atoms with E-state index in [0.717, 1.165) is 0 Å².